The van der Waals surface area contributed by atoms with Gasteiger partial charge in [-0.15, -0.1) is 11.3 Å². The Kier molecular flexibility index (Phi) is 3.49. The zero-order valence-electron chi connectivity index (χ0n) is 8.01. The van der Waals surface area contributed by atoms with Crippen molar-refractivity contribution < 1.29 is 4.79 Å². The highest BCUT2D eigenvalue weighted by Crippen LogP contribution is 2.26. The second-order valence-corrected chi connectivity index (χ2v) is 5.56. The molecule has 4 nitrogen and oxygen atoms in total. The van der Waals surface area contributed by atoms with Crippen molar-refractivity contribution in [3.05, 3.63) is 21.3 Å². The second-order valence-electron chi connectivity index (χ2n) is 2.92. The maximum absolute atomic E-state index is 11.4. The molecule has 16 heavy (non-hydrogen) atoms. The summed E-state index contributed by atoms with van der Waals surface area (Å²) >= 11 is 8.39. The first kappa shape index (κ1) is 11.5. The Labute approximate surface area is 105 Å². The zero-order valence-corrected chi connectivity index (χ0v) is 10.4. The fourth-order valence-corrected chi connectivity index (χ4v) is 3.02. The molecule has 2 heterocycles. The lowest BCUT2D eigenvalue weighted by Gasteiger charge is -2.19. The molecule has 0 aliphatic carbocycles. The third-order valence-electron chi connectivity index (χ3n) is 1.86. The predicted octanol–water partition coefficient (Wildman–Crippen LogP) is 2.80. The first-order valence-corrected chi connectivity index (χ1v) is 6.53. The number of nitrogens with zero attached hydrogens (tertiary/aromatic N) is 3. The van der Waals surface area contributed by atoms with E-state index in [0.29, 0.717) is 10.1 Å². The molecule has 1 aliphatic heterocycles. The van der Waals surface area contributed by atoms with Gasteiger partial charge in [0.05, 0.1) is 21.0 Å². The van der Waals surface area contributed by atoms with Gasteiger partial charge in [0.25, 0.3) is 0 Å². The lowest BCUT2D eigenvalue weighted by atomic mass is 10.3. The summed E-state index contributed by atoms with van der Waals surface area (Å²) in [4.78, 5) is 12.3. The van der Waals surface area contributed by atoms with Crippen molar-refractivity contribution in [2.24, 2.45) is 5.10 Å². The van der Waals surface area contributed by atoms with Crippen LogP contribution in [0.3, 0.4) is 0 Å². The maximum Gasteiger partial charge on any atom is 0.303 e. The standard InChI is InChI=1S/C9H6ClN3OS2/c10-8-2-1-7(16-8)6-5-15-9(14)13(12-6)4-3-11/h1-2H,4-5H2. The molecule has 0 aromatic carbocycles. The molecule has 1 amide bonds. The average molecular weight is 272 g/mol. The van der Waals surface area contributed by atoms with E-state index in [4.69, 9.17) is 16.9 Å². The predicted molar refractivity (Wildman–Crippen MR) is 66.0 cm³/mol. The summed E-state index contributed by atoms with van der Waals surface area (Å²) < 4.78 is 0.687. The maximum atomic E-state index is 11.4. The molecule has 1 aromatic rings. The van der Waals surface area contributed by atoms with Crippen LogP contribution in [0.2, 0.25) is 4.34 Å². The molecule has 2 rings (SSSR count). The van der Waals surface area contributed by atoms with Crippen LogP contribution in [-0.4, -0.2) is 28.3 Å². The number of nitriles is 1. The van der Waals surface area contributed by atoms with E-state index < -0.39 is 0 Å². The summed E-state index contributed by atoms with van der Waals surface area (Å²) in [6, 6.07) is 5.57. The minimum atomic E-state index is -0.187. The topological polar surface area (TPSA) is 56.5 Å². The van der Waals surface area contributed by atoms with Gasteiger partial charge in [0, 0.05) is 5.75 Å². The highest BCUT2D eigenvalue weighted by atomic mass is 35.5. The van der Waals surface area contributed by atoms with Gasteiger partial charge in [0.2, 0.25) is 0 Å². The summed E-state index contributed by atoms with van der Waals surface area (Å²) in [6.45, 7) is -0.0194. The van der Waals surface area contributed by atoms with Crippen LogP contribution in [0, 0.1) is 11.3 Å². The number of thioether (sulfide) groups is 1. The molecule has 82 valence electrons. The molecule has 0 saturated heterocycles. The van der Waals surface area contributed by atoms with E-state index in [0.717, 1.165) is 22.4 Å². The van der Waals surface area contributed by atoms with Gasteiger partial charge >= 0.3 is 5.24 Å². The van der Waals surface area contributed by atoms with E-state index >= 15 is 0 Å². The number of rotatable bonds is 2. The van der Waals surface area contributed by atoms with Crippen LogP contribution in [0.5, 0.6) is 0 Å². The second kappa shape index (κ2) is 4.87. The molecule has 7 heteroatoms. The van der Waals surface area contributed by atoms with Gasteiger partial charge in [-0.3, -0.25) is 4.79 Å². The fourth-order valence-electron chi connectivity index (χ4n) is 1.18. The van der Waals surface area contributed by atoms with Crippen LogP contribution >= 0.6 is 34.7 Å². The molecule has 0 saturated carbocycles. The highest BCUT2D eigenvalue weighted by Gasteiger charge is 2.22. The van der Waals surface area contributed by atoms with Gasteiger partial charge in [0.1, 0.15) is 6.54 Å². The molecule has 1 aliphatic rings. The Balaban J connectivity index is 2.26. The van der Waals surface area contributed by atoms with E-state index in [1.807, 2.05) is 12.1 Å². The summed E-state index contributed by atoms with van der Waals surface area (Å²) in [5.74, 6) is 0.525. The molecule has 1 aromatic heterocycles. The molecule has 0 unspecified atom stereocenters. The van der Waals surface area contributed by atoms with Gasteiger partial charge in [-0.25, -0.2) is 5.01 Å². The summed E-state index contributed by atoms with van der Waals surface area (Å²) in [6.07, 6.45) is 0. The lowest BCUT2D eigenvalue weighted by molar-refractivity contribution is 0.230. The van der Waals surface area contributed by atoms with Crippen LogP contribution in [-0.2, 0) is 0 Å². The molecule has 0 atom stereocenters. The first-order valence-electron chi connectivity index (χ1n) is 4.35. The van der Waals surface area contributed by atoms with Gasteiger partial charge in [-0.1, -0.05) is 23.4 Å². The third-order valence-corrected chi connectivity index (χ3v) is 4.02. The van der Waals surface area contributed by atoms with Crippen LogP contribution in [0.4, 0.5) is 4.79 Å². The van der Waals surface area contributed by atoms with Gasteiger partial charge < -0.3 is 0 Å². The summed E-state index contributed by atoms with van der Waals surface area (Å²) in [7, 11) is 0. The third kappa shape index (κ3) is 2.38. The highest BCUT2D eigenvalue weighted by molar-refractivity contribution is 8.14. The van der Waals surface area contributed by atoms with Gasteiger partial charge in [0.15, 0.2) is 0 Å². The Morgan fingerprint density at radius 2 is 2.44 bits per heavy atom. The Morgan fingerprint density at radius 3 is 3.06 bits per heavy atom. The van der Waals surface area contributed by atoms with Crippen molar-refractivity contribution in [3.8, 4) is 6.07 Å². The zero-order chi connectivity index (χ0) is 11.5. The van der Waals surface area contributed by atoms with Crippen LogP contribution in [0.25, 0.3) is 0 Å². The minimum absolute atomic E-state index is 0.0194. The SMILES string of the molecule is N#CCN1N=C(c2ccc(Cl)s2)CSC1=O. The van der Waals surface area contributed by atoms with Crippen molar-refractivity contribution in [2.45, 2.75) is 0 Å². The molecule has 0 spiro atoms. The Bertz CT molecular complexity index is 491. The van der Waals surface area contributed by atoms with E-state index in [9.17, 15) is 4.79 Å². The Morgan fingerprint density at radius 1 is 1.62 bits per heavy atom. The quantitative estimate of drug-likeness (QED) is 0.777. The van der Waals surface area contributed by atoms with Crippen LogP contribution < -0.4 is 0 Å². The number of carbonyl (C=O) groups is 1. The van der Waals surface area contributed by atoms with Crippen molar-refractivity contribution in [1.82, 2.24) is 5.01 Å². The molecule has 0 radical (unpaired) electrons. The monoisotopic (exact) mass is 271 g/mol. The first-order chi connectivity index (χ1) is 7.70. The van der Waals surface area contributed by atoms with Crippen LogP contribution in [0.1, 0.15) is 4.88 Å². The molecular formula is C9H6ClN3OS2. The number of amides is 1. The number of hydrogen-bond donors (Lipinski definition) is 0. The van der Waals surface area contributed by atoms with Crippen LogP contribution in [0.15, 0.2) is 17.2 Å². The van der Waals surface area contributed by atoms with Crippen molar-refractivity contribution in [2.75, 3.05) is 12.3 Å². The fraction of sp³-hybridized carbons (Fsp3) is 0.222. The Hall–Kier alpha value is -1.03. The van der Waals surface area contributed by atoms with E-state index in [1.165, 1.54) is 16.3 Å². The van der Waals surface area contributed by atoms with E-state index in [1.54, 1.807) is 6.07 Å². The molecule has 0 bridgehead atoms. The number of carbonyl (C=O) groups excluding carboxylic acids is 1. The van der Waals surface area contributed by atoms with Crippen molar-refractivity contribution in [1.29, 1.82) is 5.26 Å². The lowest BCUT2D eigenvalue weighted by Crippen LogP contribution is -2.29. The molecule has 0 N–H and O–H groups in total. The molecular weight excluding hydrogens is 266 g/mol. The van der Waals surface area contributed by atoms with Gasteiger partial charge in [-0.05, 0) is 12.1 Å². The minimum Gasteiger partial charge on any atom is -0.260 e. The summed E-state index contributed by atoms with van der Waals surface area (Å²) in [5, 5.41) is 13.7. The van der Waals surface area contributed by atoms with Crippen molar-refractivity contribution >= 4 is 45.7 Å². The average Bonchev–Trinajstić information content (AvgIpc) is 2.69. The van der Waals surface area contributed by atoms with Gasteiger partial charge in [-0.2, -0.15) is 10.4 Å². The number of thiophene rings is 1. The number of halogens is 1. The normalized spacial score (nSPS) is 15.9. The summed E-state index contributed by atoms with van der Waals surface area (Å²) in [5.41, 5.74) is 0.789. The number of hydrazone groups is 1. The number of hydrogen-bond acceptors (Lipinski definition) is 5. The van der Waals surface area contributed by atoms with E-state index in [-0.39, 0.29) is 11.8 Å². The van der Waals surface area contributed by atoms with E-state index in [2.05, 4.69) is 5.10 Å². The smallest absolute Gasteiger partial charge is 0.260 e. The van der Waals surface area contributed by atoms with Crippen molar-refractivity contribution in [3.63, 3.8) is 0 Å². The molecule has 0 fully saturated rings. The largest absolute Gasteiger partial charge is 0.303 e.